The highest BCUT2D eigenvalue weighted by Crippen LogP contribution is 2.28. The van der Waals surface area contributed by atoms with Crippen LogP contribution in [0.2, 0.25) is 0 Å². The summed E-state index contributed by atoms with van der Waals surface area (Å²) in [5, 5.41) is 10.0. The van der Waals surface area contributed by atoms with Crippen molar-refractivity contribution in [1.82, 2.24) is 0 Å². The van der Waals surface area contributed by atoms with Gasteiger partial charge in [-0.15, -0.1) is 0 Å². The SMILES string of the molecule is C=C[C@@H](OC(C)=O)[C@@H](O)C1CCCCC1. The van der Waals surface area contributed by atoms with Crippen LogP contribution >= 0.6 is 0 Å². The van der Waals surface area contributed by atoms with E-state index in [2.05, 4.69) is 6.58 Å². The molecule has 86 valence electrons. The Labute approximate surface area is 91.1 Å². The Morgan fingerprint density at radius 2 is 2.07 bits per heavy atom. The van der Waals surface area contributed by atoms with E-state index in [9.17, 15) is 9.90 Å². The fourth-order valence-electron chi connectivity index (χ4n) is 2.19. The molecule has 0 aromatic carbocycles. The molecule has 1 rings (SSSR count). The van der Waals surface area contributed by atoms with Crippen molar-refractivity contribution >= 4 is 5.97 Å². The van der Waals surface area contributed by atoms with Crippen molar-refractivity contribution in [1.29, 1.82) is 0 Å². The van der Waals surface area contributed by atoms with Gasteiger partial charge in [-0.05, 0) is 24.8 Å². The molecule has 1 saturated carbocycles. The van der Waals surface area contributed by atoms with Crippen LogP contribution < -0.4 is 0 Å². The van der Waals surface area contributed by atoms with Crippen LogP contribution in [0.15, 0.2) is 12.7 Å². The van der Waals surface area contributed by atoms with E-state index >= 15 is 0 Å². The van der Waals surface area contributed by atoms with Crippen LogP contribution in [0.25, 0.3) is 0 Å². The number of rotatable bonds is 4. The zero-order valence-electron chi connectivity index (χ0n) is 9.32. The second-order valence-electron chi connectivity index (χ2n) is 4.20. The molecule has 3 heteroatoms. The van der Waals surface area contributed by atoms with Gasteiger partial charge in [-0.2, -0.15) is 0 Å². The summed E-state index contributed by atoms with van der Waals surface area (Å²) in [5.41, 5.74) is 0. The van der Waals surface area contributed by atoms with Crippen molar-refractivity contribution in [3.8, 4) is 0 Å². The van der Waals surface area contributed by atoms with Gasteiger partial charge in [-0.1, -0.05) is 25.8 Å². The average molecular weight is 212 g/mol. The molecule has 0 unspecified atom stereocenters. The molecular formula is C12H20O3. The quantitative estimate of drug-likeness (QED) is 0.573. The maximum atomic E-state index is 10.8. The Morgan fingerprint density at radius 1 is 1.47 bits per heavy atom. The Balaban J connectivity index is 2.50. The Kier molecular flexibility index (Phi) is 4.82. The first-order chi connectivity index (χ1) is 7.15. The van der Waals surface area contributed by atoms with Crippen LogP contribution in [0.4, 0.5) is 0 Å². The van der Waals surface area contributed by atoms with Gasteiger partial charge in [0.05, 0.1) is 6.10 Å². The average Bonchev–Trinajstić information content (AvgIpc) is 2.26. The second-order valence-corrected chi connectivity index (χ2v) is 4.20. The molecule has 0 aliphatic heterocycles. The fourth-order valence-corrected chi connectivity index (χ4v) is 2.19. The van der Waals surface area contributed by atoms with Crippen molar-refractivity contribution < 1.29 is 14.6 Å². The monoisotopic (exact) mass is 212 g/mol. The van der Waals surface area contributed by atoms with Gasteiger partial charge in [0.1, 0.15) is 6.10 Å². The van der Waals surface area contributed by atoms with Crippen LogP contribution in [0.5, 0.6) is 0 Å². The van der Waals surface area contributed by atoms with Gasteiger partial charge in [0.15, 0.2) is 0 Å². The summed E-state index contributed by atoms with van der Waals surface area (Å²) in [4.78, 5) is 10.8. The predicted molar refractivity (Wildman–Crippen MR) is 58.3 cm³/mol. The number of hydrogen-bond acceptors (Lipinski definition) is 3. The molecule has 0 aromatic heterocycles. The maximum Gasteiger partial charge on any atom is 0.303 e. The number of carbonyl (C=O) groups excluding carboxylic acids is 1. The third-order valence-corrected chi connectivity index (χ3v) is 3.00. The van der Waals surface area contributed by atoms with Gasteiger partial charge in [0.2, 0.25) is 0 Å². The van der Waals surface area contributed by atoms with Crippen molar-refractivity contribution in [2.75, 3.05) is 0 Å². The highest BCUT2D eigenvalue weighted by Gasteiger charge is 2.28. The summed E-state index contributed by atoms with van der Waals surface area (Å²) in [5.74, 6) is -0.115. The van der Waals surface area contributed by atoms with E-state index in [1.807, 2.05) is 0 Å². The number of aliphatic hydroxyl groups excluding tert-OH is 1. The first kappa shape index (κ1) is 12.2. The van der Waals surface area contributed by atoms with Gasteiger partial charge >= 0.3 is 5.97 Å². The molecule has 0 saturated heterocycles. The first-order valence-electron chi connectivity index (χ1n) is 5.63. The standard InChI is InChI=1S/C12H20O3/c1-3-11(15-9(2)13)12(14)10-7-5-4-6-8-10/h3,10-12,14H,1,4-8H2,2H3/t11-,12+/m1/s1. The first-order valence-corrected chi connectivity index (χ1v) is 5.63. The van der Waals surface area contributed by atoms with Crippen LogP contribution in [0.3, 0.4) is 0 Å². The molecule has 0 heterocycles. The number of carbonyl (C=O) groups is 1. The van der Waals surface area contributed by atoms with Crippen molar-refractivity contribution in [2.24, 2.45) is 5.92 Å². The molecule has 0 bridgehead atoms. The number of aliphatic hydroxyl groups is 1. The van der Waals surface area contributed by atoms with Crippen LogP contribution in [-0.4, -0.2) is 23.3 Å². The van der Waals surface area contributed by atoms with E-state index < -0.39 is 12.2 Å². The molecule has 2 atom stereocenters. The van der Waals surface area contributed by atoms with Crippen LogP contribution in [0, 0.1) is 5.92 Å². The van der Waals surface area contributed by atoms with Gasteiger partial charge in [0, 0.05) is 6.92 Å². The van der Waals surface area contributed by atoms with Gasteiger partial charge in [-0.3, -0.25) is 4.79 Å². The summed E-state index contributed by atoms with van der Waals surface area (Å²) in [7, 11) is 0. The molecule has 1 fully saturated rings. The lowest BCUT2D eigenvalue weighted by Crippen LogP contribution is -2.36. The molecule has 1 aliphatic carbocycles. The van der Waals surface area contributed by atoms with Crippen molar-refractivity contribution in [3.63, 3.8) is 0 Å². The summed E-state index contributed by atoms with van der Waals surface area (Å²) in [6.45, 7) is 4.94. The zero-order chi connectivity index (χ0) is 11.3. The molecule has 15 heavy (non-hydrogen) atoms. The third-order valence-electron chi connectivity index (χ3n) is 3.00. The fraction of sp³-hybridized carbons (Fsp3) is 0.750. The number of hydrogen-bond donors (Lipinski definition) is 1. The lowest BCUT2D eigenvalue weighted by molar-refractivity contribution is -0.151. The minimum Gasteiger partial charge on any atom is -0.456 e. The highest BCUT2D eigenvalue weighted by atomic mass is 16.6. The minimum atomic E-state index is -0.591. The Bertz CT molecular complexity index is 219. The summed E-state index contributed by atoms with van der Waals surface area (Å²) in [6, 6.07) is 0. The third kappa shape index (κ3) is 3.67. The lowest BCUT2D eigenvalue weighted by atomic mass is 9.83. The molecule has 0 radical (unpaired) electrons. The van der Waals surface area contributed by atoms with E-state index in [4.69, 9.17) is 4.74 Å². The molecule has 1 aliphatic rings. The maximum absolute atomic E-state index is 10.8. The van der Waals surface area contributed by atoms with Crippen LogP contribution in [0.1, 0.15) is 39.0 Å². The summed E-state index contributed by atoms with van der Waals surface area (Å²) < 4.78 is 5.01. The van der Waals surface area contributed by atoms with E-state index in [0.29, 0.717) is 0 Å². The smallest absolute Gasteiger partial charge is 0.303 e. The normalized spacial score (nSPS) is 21.7. The highest BCUT2D eigenvalue weighted by molar-refractivity contribution is 5.66. The molecule has 0 spiro atoms. The number of esters is 1. The van der Waals surface area contributed by atoms with E-state index in [1.165, 1.54) is 19.4 Å². The van der Waals surface area contributed by atoms with E-state index in [1.54, 1.807) is 0 Å². The van der Waals surface area contributed by atoms with E-state index in [-0.39, 0.29) is 11.9 Å². The second kappa shape index (κ2) is 5.91. The van der Waals surface area contributed by atoms with Gasteiger partial charge < -0.3 is 9.84 Å². The number of ether oxygens (including phenoxy) is 1. The molecular weight excluding hydrogens is 192 g/mol. The largest absolute Gasteiger partial charge is 0.456 e. The van der Waals surface area contributed by atoms with E-state index in [0.717, 1.165) is 25.7 Å². The predicted octanol–water partition coefficient (Wildman–Crippen LogP) is 2.05. The summed E-state index contributed by atoms with van der Waals surface area (Å²) in [6.07, 6.45) is 5.98. The van der Waals surface area contributed by atoms with Crippen molar-refractivity contribution in [2.45, 2.75) is 51.2 Å². The topological polar surface area (TPSA) is 46.5 Å². The molecule has 0 aromatic rings. The molecule has 0 amide bonds. The minimum absolute atomic E-state index is 0.251. The lowest BCUT2D eigenvalue weighted by Gasteiger charge is -2.30. The van der Waals surface area contributed by atoms with Gasteiger partial charge in [-0.25, -0.2) is 0 Å². The van der Waals surface area contributed by atoms with Gasteiger partial charge in [0.25, 0.3) is 0 Å². The van der Waals surface area contributed by atoms with Crippen LogP contribution in [-0.2, 0) is 9.53 Å². The Hall–Kier alpha value is -0.830. The summed E-state index contributed by atoms with van der Waals surface area (Å²) >= 11 is 0. The molecule has 3 nitrogen and oxygen atoms in total. The molecule has 1 N–H and O–H groups in total. The zero-order valence-corrected chi connectivity index (χ0v) is 9.32. The Morgan fingerprint density at radius 3 is 2.53 bits per heavy atom. The van der Waals surface area contributed by atoms with Crippen molar-refractivity contribution in [3.05, 3.63) is 12.7 Å².